The van der Waals surface area contributed by atoms with Crippen molar-refractivity contribution in [3.63, 3.8) is 0 Å². The third-order valence-corrected chi connectivity index (χ3v) is 3.04. The highest BCUT2D eigenvalue weighted by atomic mass is 19.4. The van der Waals surface area contributed by atoms with Gasteiger partial charge in [-0.25, -0.2) is 0 Å². The van der Waals surface area contributed by atoms with Crippen LogP contribution >= 0.6 is 0 Å². The average Bonchev–Trinajstić information content (AvgIpc) is 2.43. The lowest BCUT2D eigenvalue weighted by atomic mass is 9.89. The summed E-state index contributed by atoms with van der Waals surface area (Å²) < 4.78 is 238. The van der Waals surface area contributed by atoms with Crippen LogP contribution in [0.2, 0.25) is 0 Å². The summed E-state index contributed by atoms with van der Waals surface area (Å²) in [5, 5.41) is 0. The fraction of sp³-hybridized carbons (Fsp3) is 0.800. The van der Waals surface area contributed by atoms with Crippen molar-refractivity contribution in [3.05, 3.63) is 12.2 Å². The van der Waals surface area contributed by atoms with E-state index in [1.165, 1.54) is 0 Å². The van der Waals surface area contributed by atoms with E-state index >= 15 is 0 Å². The fourth-order valence-electron chi connectivity index (χ4n) is 1.40. The van der Waals surface area contributed by atoms with Crippen LogP contribution in [0.25, 0.3) is 0 Å². The predicted molar refractivity (Wildman–Crippen MR) is 51.0 cm³/mol. The molecule has 29 heavy (non-hydrogen) atoms. The monoisotopic (exact) mass is 482 g/mol. The van der Waals surface area contributed by atoms with E-state index in [-0.39, 0.29) is 0 Å². The summed E-state index contributed by atoms with van der Waals surface area (Å²) >= 11 is 0. The summed E-state index contributed by atoms with van der Waals surface area (Å²) in [5.74, 6) is -58.3. The molecule has 0 aliphatic heterocycles. The normalized spacial score (nSPS) is 16.1. The zero-order valence-electron chi connectivity index (χ0n) is 12.3. The molecule has 0 bridgehead atoms. The van der Waals surface area contributed by atoms with E-state index in [0.29, 0.717) is 0 Å². The lowest BCUT2D eigenvalue weighted by Gasteiger charge is -2.42. The Morgan fingerprint density at radius 3 is 0.862 bits per heavy atom. The zero-order valence-corrected chi connectivity index (χ0v) is 12.3. The maximum atomic E-state index is 13.1. The standard InChI is InChI=1S/C10HF19/c11-2(12)1-3(13,14)4(15,16)5(17,18)6(19,20)7(21,22)8(23,24)9(25,26)10(27,28)29/h1H. The van der Waals surface area contributed by atoms with Crippen molar-refractivity contribution in [2.45, 2.75) is 47.6 Å². The molecule has 0 aliphatic carbocycles. The number of hydrogen-bond acceptors (Lipinski definition) is 0. The van der Waals surface area contributed by atoms with Crippen LogP contribution in [-0.2, 0) is 0 Å². The molecule has 174 valence electrons. The third-order valence-electron chi connectivity index (χ3n) is 3.04. The van der Waals surface area contributed by atoms with E-state index in [1.54, 1.807) is 0 Å². The molecule has 0 saturated heterocycles. The molecule has 19 heteroatoms. The van der Waals surface area contributed by atoms with Crippen LogP contribution in [0.15, 0.2) is 12.2 Å². The molecule has 0 atom stereocenters. The van der Waals surface area contributed by atoms with E-state index in [9.17, 15) is 83.4 Å². The molecular formula is C10HF19. The maximum absolute atomic E-state index is 13.1. The highest BCUT2D eigenvalue weighted by Crippen LogP contribution is 2.64. The number of hydrogen-bond donors (Lipinski definition) is 0. The van der Waals surface area contributed by atoms with Gasteiger partial charge in [-0.2, -0.15) is 83.4 Å². The van der Waals surface area contributed by atoms with Gasteiger partial charge in [-0.05, 0) is 0 Å². The minimum Gasteiger partial charge on any atom is -0.195 e. The molecular weight excluding hydrogens is 481 g/mol. The molecule has 0 nitrogen and oxygen atoms in total. The summed E-state index contributed by atoms with van der Waals surface area (Å²) in [5.41, 5.74) is 0. The van der Waals surface area contributed by atoms with E-state index in [0.717, 1.165) is 0 Å². The second-order valence-corrected chi connectivity index (χ2v) is 5.00. The first-order chi connectivity index (χ1) is 12.2. The van der Waals surface area contributed by atoms with E-state index in [4.69, 9.17) is 0 Å². The second kappa shape index (κ2) is 6.71. The van der Waals surface area contributed by atoms with Crippen LogP contribution in [0.5, 0.6) is 0 Å². The van der Waals surface area contributed by atoms with Crippen molar-refractivity contribution < 1.29 is 83.4 Å². The van der Waals surface area contributed by atoms with Crippen LogP contribution in [0.4, 0.5) is 83.4 Å². The Hall–Kier alpha value is -1.59. The van der Waals surface area contributed by atoms with Gasteiger partial charge in [-0.1, -0.05) is 0 Å². The van der Waals surface area contributed by atoms with E-state index in [1.807, 2.05) is 0 Å². The summed E-state index contributed by atoms with van der Waals surface area (Å²) in [7, 11) is 0. The molecule has 0 spiro atoms. The predicted octanol–water partition coefficient (Wildman–Crippen LogP) is 6.78. The van der Waals surface area contributed by atoms with Crippen molar-refractivity contribution in [1.29, 1.82) is 0 Å². The van der Waals surface area contributed by atoms with Gasteiger partial charge in [-0.3, -0.25) is 0 Å². The quantitative estimate of drug-likeness (QED) is 0.352. The van der Waals surface area contributed by atoms with Crippen LogP contribution in [0.3, 0.4) is 0 Å². The van der Waals surface area contributed by atoms with Gasteiger partial charge in [0.25, 0.3) is 6.08 Å². The molecule has 0 rings (SSSR count). The smallest absolute Gasteiger partial charge is 0.195 e. The summed E-state index contributed by atoms with van der Waals surface area (Å²) in [4.78, 5) is 0. The number of allylic oxidation sites excluding steroid dienone is 1. The summed E-state index contributed by atoms with van der Waals surface area (Å²) in [6, 6.07) is 0. The minimum atomic E-state index is -8.78. The van der Waals surface area contributed by atoms with Gasteiger partial charge >= 0.3 is 47.6 Å². The Bertz CT molecular complexity index is 630. The van der Waals surface area contributed by atoms with Gasteiger partial charge in [0.2, 0.25) is 0 Å². The molecule has 0 N–H and O–H groups in total. The van der Waals surface area contributed by atoms with Gasteiger partial charge in [0.05, 0.1) is 6.08 Å². The fourth-order valence-corrected chi connectivity index (χ4v) is 1.40. The van der Waals surface area contributed by atoms with E-state index < -0.39 is 59.8 Å². The lowest BCUT2D eigenvalue weighted by Crippen LogP contribution is -2.74. The van der Waals surface area contributed by atoms with Crippen LogP contribution in [0, 0.1) is 0 Å². The summed E-state index contributed by atoms with van der Waals surface area (Å²) in [6.45, 7) is 0. The molecule has 0 aromatic carbocycles. The van der Waals surface area contributed by atoms with Gasteiger partial charge in [0, 0.05) is 0 Å². The first-order valence-electron chi connectivity index (χ1n) is 5.92. The molecule has 0 saturated carbocycles. The average molecular weight is 482 g/mol. The number of rotatable bonds is 7. The first kappa shape index (κ1) is 27.4. The van der Waals surface area contributed by atoms with Crippen LogP contribution in [-0.4, -0.2) is 47.6 Å². The van der Waals surface area contributed by atoms with Crippen molar-refractivity contribution in [2.75, 3.05) is 0 Å². The third kappa shape index (κ3) is 3.57. The van der Waals surface area contributed by atoms with Gasteiger partial charge in [0.15, 0.2) is 0 Å². The Kier molecular flexibility index (Phi) is 6.34. The SMILES string of the molecule is FC(F)=CC(F)(F)C(F)(F)C(F)(F)C(F)(F)C(F)(F)C(F)(F)C(F)(F)C(F)(F)F. The molecule has 0 fully saturated rings. The minimum absolute atomic E-state index is 2.50. The Labute approximate surface area is 144 Å². The van der Waals surface area contributed by atoms with Gasteiger partial charge in [-0.15, -0.1) is 0 Å². The molecule has 0 amide bonds. The maximum Gasteiger partial charge on any atom is 0.460 e. The topological polar surface area (TPSA) is 0 Å². The molecule has 0 aromatic rings. The Balaban J connectivity index is 6.77. The molecule has 0 unspecified atom stereocenters. The Morgan fingerprint density at radius 2 is 0.621 bits per heavy atom. The lowest BCUT2D eigenvalue weighted by molar-refractivity contribution is -0.459. The molecule has 0 radical (unpaired) electrons. The zero-order chi connectivity index (χ0) is 24.3. The van der Waals surface area contributed by atoms with Crippen molar-refractivity contribution in [1.82, 2.24) is 0 Å². The van der Waals surface area contributed by atoms with Crippen LogP contribution < -0.4 is 0 Å². The molecule has 0 aromatic heterocycles. The van der Waals surface area contributed by atoms with Gasteiger partial charge in [0.1, 0.15) is 0 Å². The van der Waals surface area contributed by atoms with Gasteiger partial charge < -0.3 is 0 Å². The van der Waals surface area contributed by atoms with E-state index in [2.05, 4.69) is 0 Å². The highest BCUT2D eigenvalue weighted by molar-refractivity contribution is 5.18. The van der Waals surface area contributed by atoms with Crippen molar-refractivity contribution in [2.24, 2.45) is 0 Å². The molecule has 0 aliphatic rings. The van der Waals surface area contributed by atoms with Crippen molar-refractivity contribution in [3.8, 4) is 0 Å². The highest BCUT2D eigenvalue weighted by Gasteiger charge is 2.95. The molecule has 0 heterocycles. The Morgan fingerprint density at radius 1 is 0.379 bits per heavy atom. The largest absolute Gasteiger partial charge is 0.460 e. The number of halogens is 19. The van der Waals surface area contributed by atoms with Crippen molar-refractivity contribution >= 4 is 0 Å². The summed E-state index contributed by atoms with van der Waals surface area (Å²) in [6.07, 6.45) is -14.4. The number of alkyl halides is 17. The van der Waals surface area contributed by atoms with Crippen LogP contribution in [0.1, 0.15) is 0 Å². The second-order valence-electron chi connectivity index (χ2n) is 5.00. The first-order valence-corrected chi connectivity index (χ1v) is 5.92.